The van der Waals surface area contributed by atoms with Crippen LogP contribution in [0.2, 0.25) is 0 Å². The Morgan fingerprint density at radius 3 is 2.32 bits per heavy atom. The molecule has 7 nitrogen and oxygen atoms in total. The molecule has 0 aromatic heterocycles. The average molecular weight is 425 g/mol. The topological polar surface area (TPSA) is 92.8 Å². The van der Waals surface area contributed by atoms with Gasteiger partial charge in [0.1, 0.15) is 5.75 Å². The number of hydrogen-bond acceptors (Lipinski definition) is 6. The van der Waals surface area contributed by atoms with Gasteiger partial charge in [0.15, 0.2) is 9.84 Å². The summed E-state index contributed by atoms with van der Waals surface area (Å²) in [6, 6.07) is 13.0. The van der Waals surface area contributed by atoms with Crippen LogP contribution >= 0.6 is 0 Å². The van der Waals surface area contributed by atoms with Gasteiger partial charge in [0.25, 0.3) is 0 Å². The lowest BCUT2D eigenvalue weighted by molar-refractivity contribution is 0.414. The molecule has 1 aliphatic heterocycles. The predicted molar refractivity (Wildman–Crippen MR) is 108 cm³/mol. The van der Waals surface area contributed by atoms with E-state index in [0.29, 0.717) is 6.54 Å². The smallest absolute Gasteiger partial charge is 0.240 e. The van der Waals surface area contributed by atoms with Crippen LogP contribution in [-0.2, 0) is 19.9 Å². The van der Waals surface area contributed by atoms with Crippen LogP contribution in [-0.4, -0.2) is 49.8 Å². The van der Waals surface area contributed by atoms with Crippen LogP contribution in [0.25, 0.3) is 0 Å². The number of benzene rings is 2. The first-order chi connectivity index (χ1) is 13.2. The van der Waals surface area contributed by atoms with E-state index in [0.717, 1.165) is 37.2 Å². The van der Waals surface area contributed by atoms with Crippen molar-refractivity contribution in [3.63, 3.8) is 0 Å². The van der Waals surface area contributed by atoms with Crippen LogP contribution in [0.5, 0.6) is 5.75 Å². The van der Waals surface area contributed by atoms with Crippen LogP contribution in [0, 0.1) is 5.92 Å². The highest BCUT2D eigenvalue weighted by Crippen LogP contribution is 2.31. The number of methoxy groups -OCH3 is 1. The molecule has 2 aromatic carbocycles. The van der Waals surface area contributed by atoms with Crippen LogP contribution in [0.1, 0.15) is 6.42 Å². The second-order valence-electron chi connectivity index (χ2n) is 6.87. The molecule has 0 aliphatic carbocycles. The molecule has 0 saturated carbocycles. The van der Waals surface area contributed by atoms with Gasteiger partial charge in [-0.3, -0.25) is 0 Å². The molecule has 0 radical (unpaired) electrons. The third kappa shape index (κ3) is 4.65. The summed E-state index contributed by atoms with van der Waals surface area (Å²) in [6.07, 6.45) is 1.95. The lowest BCUT2D eigenvalue weighted by Gasteiger charge is -2.21. The van der Waals surface area contributed by atoms with Gasteiger partial charge in [-0.05, 0) is 48.7 Å². The minimum atomic E-state index is -3.69. The molecule has 152 valence electrons. The molecule has 1 N–H and O–H groups in total. The lowest BCUT2D eigenvalue weighted by Crippen LogP contribution is -2.31. The van der Waals surface area contributed by atoms with Gasteiger partial charge in [-0.25, -0.2) is 21.6 Å². The fourth-order valence-corrected chi connectivity index (χ4v) is 5.03. The first kappa shape index (κ1) is 20.6. The van der Waals surface area contributed by atoms with Crippen molar-refractivity contribution in [1.29, 1.82) is 0 Å². The van der Waals surface area contributed by atoms with E-state index < -0.39 is 19.9 Å². The van der Waals surface area contributed by atoms with Gasteiger partial charge in [0, 0.05) is 25.9 Å². The maximum absolute atomic E-state index is 12.5. The molecule has 0 bridgehead atoms. The van der Waals surface area contributed by atoms with Gasteiger partial charge >= 0.3 is 0 Å². The zero-order valence-electron chi connectivity index (χ0n) is 15.8. The van der Waals surface area contributed by atoms with Crippen molar-refractivity contribution in [2.75, 3.05) is 37.9 Å². The van der Waals surface area contributed by atoms with E-state index in [-0.39, 0.29) is 15.7 Å². The third-order valence-corrected chi connectivity index (χ3v) is 7.40. The van der Waals surface area contributed by atoms with Crippen LogP contribution in [0.4, 0.5) is 5.69 Å². The number of para-hydroxylation sites is 2. The van der Waals surface area contributed by atoms with Crippen molar-refractivity contribution in [3.8, 4) is 5.75 Å². The number of ether oxygens (including phenoxy) is 1. The minimum Gasteiger partial charge on any atom is -0.495 e. The van der Waals surface area contributed by atoms with E-state index in [1.807, 2.05) is 24.3 Å². The molecule has 1 aliphatic rings. The molecule has 0 spiro atoms. The molecule has 1 heterocycles. The van der Waals surface area contributed by atoms with Gasteiger partial charge in [-0.2, -0.15) is 0 Å². The third-order valence-electron chi connectivity index (χ3n) is 4.84. The lowest BCUT2D eigenvalue weighted by atomic mass is 10.1. The van der Waals surface area contributed by atoms with Gasteiger partial charge in [0.2, 0.25) is 10.0 Å². The standard InChI is InChI=1S/C19H24N2O5S2/c1-26-19-6-4-3-5-18(19)21-12-11-15(14-21)13-20-28(24,25)17-9-7-16(8-10-17)27(2,22)23/h3-10,15,20H,11-14H2,1-2H3. The zero-order chi connectivity index (χ0) is 20.4. The molecule has 1 atom stereocenters. The van der Waals surface area contributed by atoms with E-state index in [1.54, 1.807) is 7.11 Å². The Labute approximate surface area is 166 Å². The first-order valence-corrected chi connectivity index (χ1v) is 12.3. The van der Waals surface area contributed by atoms with E-state index in [9.17, 15) is 16.8 Å². The number of nitrogens with one attached hydrogen (secondary N) is 1. The van der Waals surface area contributed by atoms with E-state index in [4.69, 9.17) is 4.74 Å². The predicted octanol–water partition coefficient (Wildman–Crippen LogP) is 1.90. The van der Waals surface area contributed by atoms with Crippen molar-refractivity contribution in [2.24, 2.45) is 5.92 Å². The van der Waals surface area contributed by atoms with Crippen LogP contribution < -0.4 is 14.4 Å². The maximum Gasteiger partial charge on any atom is 0.240 e. The molecule has 28 heavy (non-hydrogen) atoms. The maximum atomic E-state index is 12.5. The number of nitrogens with zero attached hydrogens (tertiary/aromatic N) is 1. The number of anilines is 1. The first-order valence-electron chi connectivity index (χ1n) is 8.88. The number of sulfone groups is 1. The Kier molecular flexibility index (Phi) is 5.97. The summed E-state index contributed by atoms with van der Waals surface area (Å²) in [6.45, 7) is 1.88. The SMILES string of the molecule is COc1ccccc1N1CCC(CNS(=O)(=O)c2ccc(S(C)(=O)=O)cc2)C1. The summed E-state index contributed by atoms with van der Waals surface area (Å²) >= 11 is 0. The minimum absolute atomic E-state index is 0.0551. The Morgan fingerprint density at radius 1 is 1.04 bits per heavy atom. The van der Waals surface area contributed by atoms with E-state index >= 15 is 0 Å². The molecule has 2 aromatic rings. The summed E-state index contributed by atoms with van der Waals surface area (Å²) in [5.74, 6) is 0.977. The highest BCUT2D eigenvalue weighted by Gasteiger charge is 2.26. The normalized spacial score (nSPS) is 17.6. The van der Waals surface area contributed by atoms with Gasteiger partial charge in [-0.15, -0.1) is 0 Å². The molecule has 1 fully saturated rings. The van der Waals surface area contributed by atoms with Crippen LogP contribution in [0.3, 0.4) is 0 Å². The Balaban J connectivity index is 1.62. The molecule has 3 rings (SSSR count). The Bertz CT molecular complexity index is 1030. The molecule has 1 unspecified atom stereocenters. The quantitative estimate of drug-likeness (QED) is 0.730. The van der Waals surface area contributed by atoms with Crippen molar-refractivity contribution >= 4 is 25.5 Å². The van der Waals surface area contributed by atoms with Gasteiger partial charge in [-0.1, -0.05) is 12.1 Å². The molecule has 9 heteroatoms. The van der Waals surface area contributed by atoms with Crippen molar-refractivity contribution in [2.45, 2.75) is 16.2 Å². The van der Waals surface area contributed by atoms with E-state index in [2.05, 4.69) is 9.62 Å². The van der Waals surface area contributed by atoms with Crippen molar-refractivity contribution in [1.82, 2.24) is 4.72 Å². The summed E-state index contributed by atoms with van der Waals surface area (Å²) in [7, 11) is -5.42. The fourth-order valence-electron chi connectivity index (χ4n) is 3.29. The summed E-state index contributed by atoms with van der Waals surface area (Å²) in [4.78, 5) is 2.34. The highest BCUT2D eigenvalue weighted by molar-refractivity contribution is 7.90. The Hall–Kier alpha value is -2.10. The van der Waals surface area contributed by atoms with Crippen LogP contribution in [0.15, 0.2) is 58.3 Å². The zero-order valence-corrected chi connectivity index (χ0v) is 17.5. The molecule has 1 saturated heterocycles. The number of rotatable bonds is 7. The second-order valence-corrected chi connectivity index (χ2v) is 10.7. The molecule has 0 amide bonds. The van der Waals surface area contributed by atoms with Crippen molar-refractivity contribution < 1.29 is 21.6 Å². The monoisotopic (exact) mass is 424 g/mol. The number of hydrogen-bond donors (Lipinski definition) is 1. The molecular weight excluding hydrogens is 400 g/mol. The molecular formula is C19H24N2O5S2. The summed E-state index contributed by atoms with van der Waals surface area (Å²) in [5.41, 5.74) is 1.01. The summed E-state index contributed by atoms with van der Waals surface area (Å²) < 4.78 is 56.1. The summed E-state index contributed by atoms with van der Waals surface area (Å²) in [5, 5.41) is 0. The highest BCUT2D eigenvalue weighted by atomic mass is 32.2. The fraction of sp³-hybridized carbons (Fsp3) is 0.368. The van der Waals surface area contributed by atoms with Gasteiger partial charge in [0.05, 0.1) is 22.6 Å². The van der Waals surface area contributed by atoms with Crippen molar-refractivity contribution in [3.05, 3.63) is 48.5 Å². The number of sulfonamides is 1. The van der Waals surface area contributed by atoms with Gasteiger partial charge < -0.3 is 9.64 Å². The van der Waals surface area contributed by atoms with E-state index in [1.165, 1.54) is 24.3 Å². The largest absolute Gasteiger partial charge is 0.495 e. The average Bonchev–Trinajstić information content (AvgIpc) is 3.15. The Morgan fingerprint density at radius 2 is 1.68 bits per heavy atom. The second kappa shape index (κ2) is 8.10.